The van der Waals surface area contributed by atoms with Crippen LogP contribution in [0.2, 0.25) is 0 Å². The molecule has 8 nitrogen and oxygen atoms in total. The third-order valence-electron chi connectivity index (χ3n) is 6.02. The lowest BCUT2D eigenvalue weighted by atomic mass is 9.89. The van der Waals surface area contributed by atoms with E-state index in [1.165, 1.54) is 19.3 Å². The summed E-state index contributed by atoms with van der Waals surface area (Å²) in [5, 5.41) is 11.8. The average molecular weight is 473 g/mol. The molecule has 0 atom stereocenters. The van der Waals surface area contributed by atoms with Gasteiger partial charge in [-0.2, -0.15) is 0 Å². The minimum absolute atomic E-state index is 0.0123. The Morgan fingerprint density at radius 1 is 1.18 bits per heavy atom. The number of alkyl carbamates (subject to hydrolysis) is 1. The van der Waals surface area contributed by atoms with Crippen LogP contribution in [-0.2, 0) is 28.9 Å². The highest BCUT2D eigenvalue weighted by atomic mass is 16.6. The van der Waals surface area contributed by atoms with E-state index in [-0.39, 0.29) is 19.1 Å². The van der Waals surface area contributed by atoms with Crippen molar-refractivity contribution in [3.63, 3.8) is 0 Å². The fourth-order valence-corrected chi connectivity index (χ4v) is 4.24. The van der Waals surface area contributed by atoms with E-state index in [9.17, 15) is 9.59 Å². The summed E-state index contributed by atoms with van der Waals surface area (Å²) in [6, 6.07) is 5.53. The van der Waals surface area contributed by atoms with Gasteiger partial charge in [-0.15, -0.1) is 0 Å². The molecule has 0 bridgehead atoms. The number of benzene rings is 1. The molecule has 2 N–H and O–H groups in total. The minimum atomic E-state index is -0.867. The summed E-state index contributed by atoms with van der Waals surface area (Å²) in [5.74, 6) is 1.92. The summed E-state index contributed by atoms with van der Waals surface area (Å²) in [6.07, 6.45) is 6.34. The van der Waals surface area contributed by atoms with Crippen molar-refractivity contribution in [1.82, 2.24) is 10.3 Å². The molecule has 1 aliphatic rings. The highest BCUT2D eigenvalue weighted by Gasteiger charge is 2.22. The lowest BCUT2D eigenvalue weighted by Gasteiger charge is -2.17. The molecule has 1 aliphatic carbocycles. The molecule has 8 heteroatoms. The van der Waals surface area contributed by atoms with Gasteiger partial charge >= 0.3 is 12.1 Å². The maximum atomic E-state index is 11.9. The first kappa shape index (κ1) is 25.6. The molecule has 1 fully saturated rings. The summed E-state index contributed by atoms with van der Waals surface area (Å²) >= 11 is 0. The van der Waals surface area contributed by atoms with Crippen molar-refractivity contribution in [2.75, 3.05) is 6.61 Å². The summed E-state index contributed by atoms with van der Waals surface area (Å²) in [6.45, 7) is 6.17. The number of carbonyl (C=O) groups excluding carboxylic acids is 1. The SMILES string of the molecule is Cc1oc(C2CCCCC2)nc1CCOc1ccc(CCC(=O)O)c(CNC(=O)OC(C)C)c1. The summed E-state index contributed by atoms with van der Waals surface area (Å²) in [5.41, 5.74) is 2.58. The molecule has 0 unspecified atom stereocenters. The van der Waals surface area contributed by atoms with E-state index in [2.05, 4.69) is 5.32 Å². The molecule has 34 heavy (non-hydrogen) atoms. The van der Waals surface area contributed by atoms with Crippen molar-refractivity contribution in [3.8, 4) is 5.75 Å². The number of nitrogens with one attached hydrogen (secondary N) is 1. The lowest BCUT2D eigenvalue weighted by molar-refractivity contribution is -0.136. The van der Waals surface area contributed by atoms with Gasteiger partial charge in [-0.1, -0.05) is 25.3 Å². The number of nitrogens with zero attached hydrogens (tertiary/aromatic N) is 1. The summed E-state index contributed by atoms with van der Waals surface area (Å²) in [7, 11) is 0. The Kier molecular flexibility index (Phi) is 9.36. The number of carboxylic acid groups (broad SMARTS) is 1. The average Bonchev–Trinajstić information content (AvgIpc) is 3.17. The van der Waals surface area contributed by atoms with Gasteiger partial charge in [-0.05, 0) is 63.3 Å². The maximum Gasteiger partial charge on any atom is 0.407 e. The normalized spacial score (nSPS) is 14.2. The number of oxazole rings is 1. The predicted octanol–water partition coefficient (Wildman–Crippen LogP) is 5.30. The molecule has 186 valence electrons. The number of hydrogen-bond donors (Lipinski definition) is 2. The van der Waals surface area contributed by atoms with Crippen LogP contribution in [0.3, 0.4) is 0 Å². The topological polar surface area (TPSA) is 111 Å². The Bertz CT molecular complexity index is 962. The van der Waals surface area contributed by atoms with E-state index >= 15 is 0 Å². The Morgan fingerprint density at radius 2 is 1.94 bits per heavy atom. The van der Waals surface area contributed by atoms with E-state index in [1.54, 1.807) is 13.8 Å². The molecule has 2 aromatic rings. The van der Waals surface area contributed by atoms with Gasteiger partial charge in [0.25, 0.3) is 0 Å². The van der Waals surface area contributed by atoms with Crippen LogP contribution in [0.4, 0.5) is 4.79 Å². The van der Waals surface area contributed by atoms with Gasteiger partial charge in [0.2, 0.25) is 0 Å². The molecule has 1 aromatic carbocycles. The van der Waals surface area contributed by atoms with Crippen LogP contribution in [0, 0.1) is 6.92 Å². The van der Waals surface area contributed by atoms with Crippen molar-refractivity contribution in [2.45, 2.75) is 90.7 Å². The molecular formula is C26H36N2O6. The molecular weight excluding hydrogens is 436 g/mol. The van der Waals surface area contributed by atoms with Gasteiger partial charge in [-0.25, -0.2) is 9.78 Å². The fourth-order valence-electron chi connectivity index (χ4n) is 4.24. The van der Waals surface area contributed by atoms with Crippen molar-refractivity contribution in [1.29, 1.82) is 0 Å². The van der Waals surface area contributed by atoms with E-state index < -0.39 is 12.1 Å². The molecule has 1 aromatic heterocycles. The van der Waals surface area contributed by atoms with Gasteiger partial charge in [0.05, 0.1) is 18.4 Å². The zero-order chi connectivity index (χ0) is 24.5. The fraction of sp³-hybridized carbons (Fsp3) is 0.577. The molecule has 0 aliphatic heterocycles. The first-order valence-corrected chi connectivity index (χ1v) is 12.2. The third kappa shape index (κ3) is 7.78. The maximum absolute atomic E-state index is 11.9. The number of aliphatic carboxylic acids is 1. The van der Waals surface area contributed by atoms with Gasteiger partial charge in [0.1, 0.15) is 11.5 Å². The quantitative estimate of drug-likeness (QED) is 0.456. The number of ether oxygens (including phenoxy) is 2. The van der Waals surface area contributed by atoms with Crippen molar-refractivity contribution >= 4 is 12.1 Å². The summed E-state index contributed by atoms with van der Waals surface area (Å²) < 4.78 is 17.0. The van der Waals surface area contributed by atoms with E-state index in [0.717, 1.165) is 41.3 Å². The minimum Gasteiger partial charge on any atom is -0.493 e. The Labute approximate surface area is 201 Å². The Morgan fingerprint density at radius 3 is 2.65 bits per heavy atom. The number of aromatic nitrogens is 1. The smallest absolute Gasteiger partial charge is 0.407 e. The molecule has 0 saturated heterocycles. The second-order valence-corrected chi connectivity index (χ2v) is 9.12. The number of amides is 1. The molecule has 1 amide bonds. The van der Waals surface area contributed by atoms with Crippen LogP contribution < -0.4 is 10.1 Å². The number of aryl methyl sites for hydroxylation is 2. The first-order valence-electron chi connectivity index (χ1n) is 12.2. The van der Waals surface area contributed by atoms with Crippen LogP contribution in [-0.4, -0.2) is 34.9 Å². The monoisotopic (exact) mass is 472 g/mol. The zero-order valence-electron chi connectivity index (χ0n) is 20.4. The molecule has 1 saturated carbocycles. The van der Waals surface area contributed by atoms with Crippen LogP contribution in [0.25, 0.3) is 0 Å². The summed E-state index contributed by atoms with van der Waals surface area (Å²) in [4.78, 5) is 27.7. The van der Waals surface area contributed by atoms with Gasteiger partial charge in [0, 0.05) is 25.3 Å². The largest absolute Gasteiger partial charge is 0.493 e. The highest BCUT2D eigenvalue weighted by Crippen LogP contribution is 2.33. The first-order chi connectivity index (χ1) is 16.3. The van der Waals surface area contributed by atoms with Crippen LogP contribution in [0.1, 0.15) is 86.8 Å². The van der Waals surface area contributed by atoms with Crippen LogP contribution >= 0.6 is 0 Å². The van der Waals surface area contributed by atoms with Crippen molar-refractivity contribution in [2.24, 2.45) is 0 Å². The van der Waals surface area contributed by atoms with Gasteiger partial charge in [0.15, 0.2) is 5.89 Å². The van der Waals surface area contributed by atoms with Crippen molar-refractivity contribution < 1.29 is 28.6 Å². The van der Waals surface area contributed by atoms with Crippen molar-refractivity contribution in [3.05, 3.63) is 46.7 Å². The standard InChI is InChI=1S/C26H36N2O6/c1-17(2)33-26(31)27-16-21-15-22(11-9-19(21)10-12-24(29)30)32-14-13-23-18(3)34-25(28-23)20-7-5-4-6-8-20/h9,11,15,17,20H,4-8,10,12-14,16H2,1-3H3,(H,27,31)(H,29,30). The molecule has 0 spiro atoms. The van der Waals surface area contributed by atoms with E-state index in [0.29, 0.717) is 31.1 Å². The Balaban J connectivity index is 1.60. The van der Waals surface area contributed by atoms with Crippen LogP contribution in [0.5, 0.6) is 5.75 Å². The third-order valence-corrected chi connectivity index (χ3v) is 6.02. The molecule has 3 rings (SSSR count). The van der Waals surface area contributed by atoms with Gasteiger partial charge < -0.3 is 24.3 Å². The van der Waals surface area contributed by atoms with E-state index in [4.69, 9.17) is 24.0 Å². The second kappa shape index (κ2) is 12.4. The lowest BCUT2D eigenvalue weighted by Crippen LogP contribution is -2.26. The Hall–Kier alpha value is -3.03. The molecule has 1 heterocycles. The predicted molar refractivity (Wildman–Crippen MR) is 127 cm³/mol. The number of hydrogen-bond acceptors (Lipinski definition) is 6. The number of carbonyl (C=O) groups is 2. The number of carboxylic acids is 1. The molecule has 0 radical (unpaired) electrons. The highest BCUT2D eigenvalue weighted by molar-refractivity contribution is 5.68. The van der Waals surface area contributed by atoms with E-state index in [1.807, 2.05) is 25.1 Å². The number of rotatable bonds is 11. The van der Waals surface area contributed by atoms with Crippen LogP contribution in [0.15, 0.2) is 22.6 Å². The second-order valence-electron chi connectivity index (χ2n) is 9.12. The van der Waals surface area contributed by atoms with Gasteiger partial charge in [-0.3, -0.25) is 4.79 Å². The zero-order valence-corrected chi connectivity index (χ0v) is 20.4.